The number of aryl methyl sites for hydroxylation is 1. The molecule has 1 aliphatic heterocycles. The van der Waals surface area contributed by atoms with Gasteiger partial charge in [0, 0.05) is 18.9 Å². The summed E-state index contributed by atoms with van der Waals surface area (Å²) >= 11 is 0. The van der Waals surface area contributed by atoms with E-state index in [0.29, 0.717) is 18.0 Å². The Hall–Kier alpha value is -3.68. The second-order valence-electron chi connectivity index (χ2n) is 6.41. The van der Waals surface area contributed by atoms with Gasteiger partial charge in [0.15, 0.2) is 12.3 Å². The SMILES string of the molecule is Cc1ccc2c(c1)N(Cc1nc(C(=O)NCc3cccnc3)co1)C(=O)CO2. The van der Waals surface area contributed by atoms with Gasteiger partial charge < -0.3 is 14.5 Å². The zero-order valence-electron chi connectivity index (χ0n) is 15.2. The fourth-order valence-corrected chi connectivity index (χ4v) is 2.88. The number of hydrogen-bond donors (Lipinski definition) is 1. The van der Waals surface area contributed by atoms with Crippen molar-refractivity contribution >= 4 is 17.5 Å². The topological polar surface area (TPSA) is 97.6 Å². The summed E-state index contributed by atoms with van der Waals surface area (Å²) in [7, 11) is 0. The maximum absolute atomic E-state index is 12.3. The van der Waals surface area contributed by atoms with Crippen LogP contribution < -0.4 is 15.0 Å². The van der Waals surface area contributed by atoms with Crippen LogP contribution in [-0.2, 0) is 17.9 Å². The van der Waals surface area contributed by atoms with E-state index >= 15 is 0 Å². The van der Waals surface area contributed by atoms with Gasteiger partial charge in [-0.15, -0.1) is 0 Å². The standard InChI is InChI=1S/C20H18N4O4/c1-13-4-5-17-16(7-13)24(19(25)12-27-17)10-18-23-15(11-28-18)20(26)22-9-14-3-2-6-21-8-14/h2-8,11H,9-10,12H2,1H3,(H,22,26). The lowest BCUT2D eigenvalue weighted by Gasteiger charge is -2.28. The average molecular weight is 378 g/mol. The smallest absolute Gasteiger partial charge is 0.273 e. The number of amides is 2. The molecule has 28 heavy (non-hydrogen) atoms. The second kappa shape index (κ2) is 7.51. The number of nitrogens with zero attached hydrogens (tertiary/aromatic N) is 3. The Balaban J connectivity index is 1.46. The van der Waals surface area contributed by atoms with Gasteiger partial charge in [0.1, 0.15) is 18.6 Å². The fraction of sp³-hybridized carbons (Fsp3) is 0.200. The summed E-state index contributed by atoms with van der Waals surface area (Å²) in [6, 6.07) is 9.29. The van der Waals surface area contributed by atoms with E-state index in [-0.39, 0.29) is 36.6 Å². The number of oxazole rings is 1. The van der Waals surface area contributed by atoms with Crippen molar-refractivity contribution in [3.05, 3.63) is 71.7 Å². The van der Waals surface area contributed by atoms with E-state index in [1.165, 1.54) is 6.26 Å². The van der Waals surface area contributed by atoms with Gasteiger partial charge in [-0.05, 0) is 36.2 Å². The first-order valence-corrected chi connectivity index (χ1v) is 8.75. The monoisotopic (exact) mass is 378 g/mol. The molecule has 142 valence electrons. The number of carbonyl (C=O) groups excluding carboxylic acids is 2. The number of pyridine rings is 1. The third-order valence-electron chi connectivity index (χ3n) is 4.31. The minimum Gasteiger partial charge on any atom is -0.482 e. The molecule has 2 aromatic heterocycles. The van der Waals surface area contributed by atoms with Crippen molar-refractivity contribution in [2.45, 2.75) is 20.0 Å². The first-order valence-electron chi connectivity index (χ1n) is 8.75. The minimum atomic E-state index is -0.358. The van der Waals surface area contributed by atoms with E-state index in [0.717, 1.165) is 11.1 Å². The van der Waals surface area contributed by atoms with Crippen molar-refractivity contribution in [2.75, 3.05) is 11.5 Å². The van der Waals surface area contributed by atoms with Gasteiger partial charge in [-0.1, -0.05) is 12.1 Å². The lowest BCUT2D eigenvalue weighted by molar-refractivity contribution is -0.121. The first-order chi connectivity index (χ1) is 13.6. The van der Waals surface area contributed by atoms with Crippen LogP contribution in [-0.4, -0.2) is 28.4 Å². The molecule has 1 aromatic carbocycles. The van der Waals surface area contributed by atoms with Crippen molar-refractivity contribution < 1.29 is 18.7 Å². The van der Waals surface area contributed by atoms with E-state index in [4.69, 9.17) is 9.15 Å². The molecule has 0 atom stereocenters. The van der Waals surface area contributed by atoms with E-state index in [2.05, 4.69) is 15.3 Å². The second-order valence-corrected chi connectivity index (χ2v) is 6.41. The van der Waals surface area contributed by atoms with Crippen LogP contribution in [0.1, 0.15) is 27.5 Å². The zero-order chi connectivity index (χ0) is 19.5. The number of rotatable bonds is 5. The van der Waals surface area contributed by atoms with Gasteiger partial charge in [0.2, 0.25) is 5.89 Å². The van der Waals surface area contributed by atoms with E-state index in [9.17, 15) is 9.59 Å². The molecule has 0 unspecified atom stereocenters. The third kappa shape index (κ3) is 3.71. The van der Waals surface area contributed by atoms with Crippen molar-refractivity contribution in [1.29, 1.82) is 0 Å². The van der Waals surface area contributed by atoms with Crippen LogP contribution >= 0.6 is 0 Å². The zero-order valence-corrected chi connectivity index (χ0v) is 15.2. The molecule has 3 heterocycles. The first kappa shape index (κ1) is 17.7. The lowest BCUT2D eigenvalue weighted by atomic mass is 10.1. The highest BCUT2D eigenvalue weighted by atomic mass is 16.5. The van der Waals surface area contributed by atoms with Crippen molar-refractivity contribution in [3.8, 4) is 5.75 Å². The lowest BCUT2D eigenvalue weighted by Crippen LogP contribution is -2.38. The average Bonchev–Trinajstić information content (AvgIpc) is 3.18. The van der Waals surface area contributed by atoms with Crippen LogP contribution in [0.2, 0.25) is 0 Å². The van der Waals surface area contributed by atoms with Gasteiger partial charge in [-0.25, -0.2) is 4.98 Å². The molecule has 1 aliphatic rings. The number of aromatic nitrogens is 2. The van der Waals surface area contributed by atoms with E-state index < -0.39 is 0 Å². The summed E-state index contributed by atoms with van der Waals surface area (Å²) in [6.45, 7) is 2.35. The summed E-state index contributed by atoms with van der Waals surface area (Å²) < 4.78 is 10.9. The van der Waals surface area contributed by atoms with Gasteiger partial charge in [-0.2, -0.15) is 0 Å². The Bertz CT molecular complexity index is 1020. The Kier molecular flexibility index (Phi) is 4.76. The molecule has 1 N–H and O–H groups in total. The highest BCUT2D eigenvalue weighted by molar-refractivity contribution is 5.97. The Morgan fingerprint density at radius 1 is 1.32 bits per heavy atom. The number of fused-ring (bicyclic) bond motifs is 1. The number of nitrogens with one attached hydrogen (secondary N) is 1. The fourth-order valence-electron chi connectivity index (χ4n) is 2.88. The van der Waals surface area contributed by atoms with Gasteiger partial charge in [-0.3, -0.25) is 19.5 Å². The molecule has 0 bridgehead atoms. The van der Waals surface area contributed by atoms with Gasteiger partial charge in [0.05, 0.1) is 5.69 Å². The summed E-state index contributed by atoms with van der Waals surface area (Å²) in [6.07, 6.45) is 4.63. The maximum Gasteiger partial charge on any atom is 0.273 e. The van der Waals surface area contributed by atoms with E-state index in [1.807, 2.05) is 31.2 Å². The van der Waals surface area contributed by atoms with Gasteiger partial charge in [0.25, 0.3) is 11.8 Å². The number of carbonyl (C=O) groups is 2. The summed E-state index contributed by atoms with van der Waals surface area (Å²) in [5, 5.41) is 2.76. The van der Waals surface area contributed by atoms with Crippen LogP contribution in [0.25, 0.3) is 0 Å². The Morgan fingerprint density at radius 3 is 3.04 bits per heavy atom. The molecule has 0 fully saturated rings. The molecule has 0 spiro atoms. The highest BCUT2D eigenvalue weighted by Gasteiger charge is 2.27. The Morgan fingerprint density at radius 2 is 2.21 bits per heavy atom. The quantitative estimate of drug-likeness (QED) is 0.731. The predicted octanol–water partition coefficient (Wildman–Crippen LogP) is 2.23. The molecule has 0 saturated carbocycles. The molecule has 0 aliphatic carbocycles. The summed E-state index contributed by atoms with van der Waals surface area (Å²) in [4.78, 5) is 34.4. The van der Waals surface area contributed by atoms with Crippen LogP contribution in [0.5, 0.6) is 5.75 Å². The van der Waals surface area contributed by atoms with Crippen LogP contribution in [0, 0.1) is 6.92 Å². The molecule has 2 amide bonds. The molecule has 3 aromatic rings. The molecular weight excluding hydrogens is 360 g/mol. The third-order valence-corrected chi connectivity index (χ3v) is 4.31. The number of anilines is 1. The molecule has 0 radical (unpaired) electrons. The van der Waals surface area contributed by atoms with E-state index in [1.54, 1.807) is 23.4 Å². The summed E-state index contributed by atoms with van der Waals surface area (Å²) in [5.41, 5.74) is 2.71. The van der Waals surface area contributed by atoms with Crippen molar-refractivity contribution in [3.63, 3.8) is 0 Å². The van der Waals surface area contributed by atoms with Crippen LogP contribution in [0.3, 0.4) is 0 Å². The highest BCUT2D eigenvalue weighted by Crippen LogP contribution is 2.33. The van der Waals surface area contributed by atoms with Gasteiger partial charge >= 0.3 is 0 Å². The van der Waals surface area contributed by atoms with Crippen LogP contribution in [0.15, 0.2) is 53.4 Å². The minimum absolute atomic E-state index is 0.0464. The normalized spacial score (nSPS) is 13.0. The molecule has 0 saturated heterocycles. The molecule has 8 nitrogen and oxygen atoms in total. The predicted molar refractivity (Wildman–Crippen MR) is 99.8 cm³/mol. The Labute approximate surface area is 161 Å². The largest absolute Gasteiger partial charge is 0.482 e. The molecule has 4 rings (SSSR count). The van der Waals surface area contributed by atoms with Crippen molar-refractivity contribution in [1.82, 2.24) is 15.3 Å². The van der Waals surface area contributed by atoms with Crippen LogP contribution in [0.4, 0.5) is 5.69 Å². The number of ether oxygens (including phenoxy) is 1. The molecule has 8 heteroatoms. The van der Waals surface area contributed by atoms with Crippen molar-refractivity contribution in [2.24, 2.45) is 0 Å². The maximum atomic E-state index is 12.3. The summed E-state index contributed by atoms with van der Waals surface area (Å²) in [5.74, 6) is 0.350. The number of hydrogen-bond acceptors (Lipinski definition) is 6. The number of benzene rings is 1. The molecular formula is C20H18N4O4.